The summed E-state index contributed by atoms with van der Waals surface area (Å²) in [5.41, 5.74) is 1.81. The van der Waals surface area contributed by atoms with Crippen molar-refractivity contribution < 1.29 is 18.0 Å². The molecule has 2 atom stereocenters. The number of carbonyl (C=O) groups is 2. The van der Waals surface area contributed by atoms with Crippen LogP contribution in [0, 0.1) is 12.8 Å². The van der Waals surface area contributed by atoms with E-state index in [1.54, 1.807) is 11.9 Å². The molecule has 2 fully saturated rings. The molecule has 0 aromatic heterocycles. The topological polar surface area (TPSA) is 74.8 Å². The Morgan fingerprint density at radius 2 is 2.08 bits per heavy atom. The Bertz CT molecular complexity index is 824. The van der Waals surface area contributed by atoms with E-state index in [4.69, 9.17) is 0 Å². The Labute approximate surface area is 156 Å². The maximum Gasteiger partial charge on any atom is 0.228 e. The predicted octanol–water partition coefficient (Wildman–Crippen LogP) is 1.76. The number of carbonyl (C=O) groups excluding carboxylic acids is 2. The summed E-state index contributed by atoms with van der Waals surface area (Å²) in [6, 6.07) is 5.39. The van der Waals surface area contributed by atoms with Crippen molar-refractivity contribution in [3.05, 3.63) is 28.2 Å². The number of aryl methyl sites for hydroxylation is 1. The third-order valence-electron chi connectivity index (χ3n) is 5.03. The van der Waals surface area contributed by atoms with Gasteiger partial charge < -0.3 is 9.80 Å². The van der Waals surface area contributed by atoms with E-state index >= 15 is 0 Å². The van der Waals surface area contributed by atoms with Gasteiger partial charge in [-0.1, -0.05) is 15.9 Å². The first kappa shape index (κ1) is 18.4. The molecule has 0 unspecified atom stereocenters. The molecule has 0 N–H and O–H groups in total. The van der Waals surface area contributed by atoms with Crippen LogP contribution in [0.4, 0.5) is 5.69 Å². The summed E-state index contributed by atoms with van der Waals surface area (Å²) in [7, 11) is -1.40. The molecule has 6 nitrogen and oxygen atoms in total. The van der Waals surface area contributed by atoms with E-state index in [0.29, 0.717) is 13.0 Å². The van der Waals surface area contributed by atoms with Crippen molar-refractivity contribution in [2.24, 2.45) is 5.92 Å². The van der Waals surface area contributed by atoms with Crippen molar-refractivity contribution in [1.82, 2.24) is 4.90 Å². The van der Waals surface area contributed by atoms with Gasteiger partial charge in [0.05, 0.1) is 17.4 Å². The fourth-order valence-electron chi connectivity index (χ4n) is 3.47. The Hall–Kier alpha value is -1.41. The lowest BCUT2D eigenvalue weighted by Gasteiger charge is -2.26. The van der Waals surface area contributed by atoms with Crippen LogP contribution in [0.5, 0.6) is 0 Å². The number of hydrogen-bond donors (Lipinski definition) is 0. The molecule has 0 saturated carbocycles. The lowest BCUT2D eigenvalue weighted by atomic mass is 10.1. The number of benzene rings is 1. The highest BCUT2D eigenvalue weighted by Gasteiger charge is 2.40. The predicted molar refractivity (Wildman–Crippen MR) is 99.2 cm³/mol. The third kappa shape index (κ3) is 3.74. The van der Waals surface area contributed by atoms with Crippen molar-refractivity contribution >= 4 is 43.3 Å². The largest absolute Gasteiger partial charge is 0.341 e. The Balaban J connectivity index is 1.71. The number of sulfone groups is 1. The molecule has 2 heterocycles. The van der Waals surface area contributed by atoms with Gasteiger partial charge in [0.25, 0.3) is 0 Å². The zero-order valence-electron chi connectivity index (χ0n) is 14.2. The quantitative estimate of drug-likeness (QED) is 0.734. The molecular weight excluding hydrogens is 408 g/mol. The molecule has 3 rings (SSSR count). The van der Waals surface area contributed by atoms with E-state index in [0.717, 1.165) is 15.7 Å². The van der Waals surface area contributed by atoms with Crippen LogP contribution in [0.25, 0.3) is 0 Å². The highest BCUT2D eigenvalue weighted by Crippen LogP contribution is 2.30. The van der Waals surface area contributed by atoms with Crippen molar-refractivity contribution in [1.29, 1.82) is 0 Å². The Morgan fingerprint density at radius 1 is 1.36 bits per heavy atom. The lowest BCUT2D eigenvalue weighted by molar-refractivity contribution is -0.136. The molecule has 0 bridgehead atoms. The third-order valence-corrected chi connectivity index (χ3v) is 7.67. The van der Waals surface area contributed by atoms with Crippen LogP contribution in [0.3, 0.4) is 0 Å². The molecule has 8 heteroatoms. The summed E-state index contributed by atoms with van der Waals surface area (Å²) in [6.07, 6.45) is 0.638. The monoisotopic (exact) mass is 428 g/mol. The number of amides is 2. The van der Waals surface area contributed by atoms with Gasteiger partial charge in [0.15, 0.2) is 9.84 Å². The first-order valence-electron chi connectivity index (χ1n) is 8.21. The molecule has 1 aromatic rings. The minimum Gasteiger partial charge on any atom is -0.341 e. The summed E-state index contributed by atoms with van der Waals surface area (Å²) >= 11 is 3.44. The van der Waals surface area contributed by atoms with E-state index < -0.39 is 15.8 Å². The van der Waals surface area contributed by atoms with Gasteiger partial charge in [0.2, 0.25) is 11.8 Å². The summed E-state index contributed by atoms with van der Waals surface area (Å²) in [5, 5.41) is 0. The molecular formula is C17H21BrN2O4S. The highest BCUT2D eigenvalue weighted by molar-refractivity contribution is 9.10. The zero-order valence-corrected chi connectivity index (χ0v) is 16.6. The first-order chi connectivity index (χ1) is 11.7. The van der Waals surface area contributed by atoms with Crippen molar-refractivity contribution in [2.45, 2.75) is 25.8 Å². The van der Waals surface area contributed by atoms with Crippen LogP contribution in [0.15, 0.2) is 22.7 Å². The molecule has 2 aliphatic rings. The molecule has 136 valence electrons. The second-order valence-corrected chi connectivity index (χ2v) is 9.93. The van der Waals surface area contributed by atoms with Crippen LogP contribution in [0.1, 0.15) is 18.4 Å². The number of anilines is 1. The summed E-state index contributed by atoms with van der Waals surface area (Å²) in [4.78, 5) is 28.3. The van der Waals surface area contributed by atoms with E-state index in [2.05, 4.69) is 15.9 Å². The minimum atomic E-state index is -3.05. The molecule has 0 aliphatic carbocycles. The average Bonchev–Trinajstić information content (AvgIpc) is 3.11. The zero-order chi connectivity index (χ0) is 18.4. The highest BCUT2D eigenvalue weighted by atomic mass is 79.9. The summed E-state index contributed by atoms with van der Waals surface area (Å²) < 4.78 is 24.2. The van der Waals surface area contributed by atoms with Gasteiger partial charge in [-0.15, -0.1) is 0 Å². The smallest absolute Gasteiger partial charge is 0.228 e. The van der Waals surface area contributed by atoms with Gasteiger partial charge in [-0.3, -0.25) is 9.59 Å². The van der Waals surface area contributed by atoms with Crippen LogP contribution in [-0.4, -0.2) is 56.3 Å². The van der Waals surface area contributed by atoms with Crippen LogP contribution >= 0.6 is 15.9 Å². The van der Waals surface area contributed by atoms with Crippen molar-refractivity contribution in [3.8, 4) is 0 Å². The molecule has 2 saturated heterocycles. The van der Waals surface area contributed by atoms with Gasteiger partial charge in [-0.25, -0.2) is 8.42 Å². The van der Waals surface area contributed by atoms with Gasteiger partial charge >= 0.3 is 0 Å². The minimum absolute atomic E-state index is 0.0194. The van der Waals surface area contributed by atoms with Crippen LogP contribution in [-0.2, 0) is 19.4 Å². The van der Waals surface area contributed by atoms with Gasteiger partial charge in [0, 0.05) is 36.2 Å². The molecule has 1 aromatic carbocycles. The van der Waals surface area contributed by atoms with E-state index in [1.165, 1.54) is 4.90 Å². The second-order valence-electron chi connectivity index (χ2n) is 6.84. The fourth-order valence-corrected chi connectivity index (χ4v) is 5.49. The maximum absolute atomic E-state index is 12.7. The summed E-state index contributed by atoms with van der Waals surface area (Å²) in [5.74, 6) is -0.501. The van der Waals surface area contributed by atoms with Crippen molar-refractivity contribution in [2.75, 3.05) is 30.0 Å². The van der Waals surface area contributed by atoms with Gasteiger partial charge in [-0.05, 0) is 37.1 Å². The maximum atomic E-state index is 12.7. The molecule has 0 radical (unpaired) electrons. The normalized spacial score (nSPS) is 25.4. The molecule has 0 spiro atoms. The molecule has 2 aliphatic heterocycles. The van der Waals surface area contributed by atoms with Crippen molar-refractivity contribution in [3.63, 3.8) is 0 Å². The van der Waals surface area contributed by atoms with Crippen LogP contribution in [0.2, 0.25) is 0 Å². The number of rotatable bonds is 3. The second kappa shape index (κ2) is 6.72. The van der Waals surface area contributed by atoms with E-state index in [1.807, 2.05) is 25.1 Å². The Kier molecular flexibility index (Phi) is 4.94. The number of hydrogen-bond acceptors (Lipinski definition) is 4. The van der Waals surface area contributed by atoms with Crippen LogP contribution < -0.4 is 4.90 Å². The van der Waals surface area contributed by atoms with Gasteiger partial charge in [0.1, 0.15) is 0 Å². The molecule has 25 heavy (non-hydrogen) atoms. The Morgan fingerprint density at radius 3 is 2.68 bits per heavy atom. The first-order valence-corrected chi connectivity index (χ1v) is 10.8. The average molecular weight is 429 g/mol. The number of halogens is 1. The van der Waals surface area contributed by atoms with E-state index in [-0.39, 0.29) is 35.8 Å². The lowest BCUT2D eigenvalue weighted by Crippen LogP contribution is -2.42. The number of nitrogens with zero attached hydrogens (tertiary/aromatic N) is 2. The fraction of sp³-hybridized carbons (Fsp3) is 0.529. The SMILES string of the molecule is Cc1cc(N2C[C@H](C(=O)N(C)[C@@H]3CCS(=O)(=O)C3)CC2=O)ccc1Br. The molecule has 2 amide bonds. The van der Waals surface area contributed by atoms with Gasteiger partial charge in [-0.2, -0.15) is 0 Å². The van der Waals surface area contributed by atoms with E-state index in [9.17, 15) is 18.0 Å². The standard InChI is InChI=1S/C17H21BrN2O4S/c1-11-7-13(3-4-15(11)18)20-9-12(8-16(20)21)17(22)19(2)14-5-6-25(23,24)10-14/h3-4,7,12,14H,5-6,8-10H2,1-2H3/t12-,14-/m1/s1. The summed E-state index contributed by atoms with van der Waals surface area (Å²) in [6.45, 7) is 2.29.